The normalized spacial score (nSPS) is 12.0. The average molecular weight is 375 g/mol. The summed E-state index contributed by atoms with van der Waals surface area (Å²) in [5.41, 5.74) is 0.665. The molecule has 0 aliphatic rings. The topological polar surface area (TPSA) is 58.6 Å². The molecule has 1 N–H and O–H groups in total. The first-order valence-corrected chi connectivity index (χ1v) is 9.55. The Bertz CT molecular complexity index is 696. The van der Waals surface area contributed by atoms with Crippen molar-refractivity contribution in [2.45, 2.75) is 25.8 Å². The zero-order chi connectivity index (χ0) is 18.9. The summed E-state index contributed by atoms with van der Waals surface area (Å²) in [5, 5.41) is 5.05. The molecule has 1 atom stereocenters. The second-order valence-corrected chi connectivity index (χ2v) is 7.31. The largest absolute Gasteiger partial charge is 0.494 e. The molecule has 5 nitrogen and oxygen atoms in total. The zero-order valence-corrected chi connectivity index (χ0v) is 16.3. The first-order chi connectivity index (χ1) is 12.5. The number of ether oxygens (including phenoxy) is 1. The highest BCUT2D eigenvalue weighted by atomic mass is 32.1. The summed E-state index contributed by atoms with van der Waals surface area (Å²) in [5.74, 6) is 0.775. The van der Waals surface area contributed by atoms with Crippen LogP contribution in [0.15, 0.2) is 41.8 Å². The highest BCUT2D eigenvalue weighted by Crippen LogP contribution is 2.22. The van der Waals surface area contributed by atoms with Crippen LogP contribution in [0.3, 0.4) is 0 Å². The highest BCUT2D eigenvalue weighted by Gasteiger charge is 2.16. The Labute approximate surface area is 159 Å². The van der Waals surface area contributed by atoms with E-state index >= 15 is 0 Å². The third kappa shape index (κ3) is 6.28. The Morgan fingerprint density at radius 2 is 1.92 bits per heavy atom. The SMILES string of the molecule is CC(=O)c1ccc(OCCCC(=O)NCC(c2cccs2)N(C)C)cc1. The van der Waals surface area contributed by atoms with Crippen molar-refractivity contribution in [2.24, 2.45) is 0 Å². The molecule has 2 aromatic rings. The molecule has 0 bridgehead atoms. The number of benzene rings is 1. The number of rotatable bonds is 10. The number of Topliss-reactive ketones (excluding diaryl/α,β-unsaturated/α-hetero) is 1. The van der Waals surface area contributed by atoms with Crippen molar-refractivity contribution in [1.82, 2.24) is 10.2 Å². The molecule has 1 amide bonds. The summed E-state index contributed by atoms with van der Waals surface area (Å²) in [6.45, 7) is 2.60. The van der Waals surface area contributed by atoms with Gasteiger partial charge < -0.3 is 15.0 Å². The van der Waals surface area contributed by atoms with Crippen molar-refractivity contribution in [2.75, 3.05) is 27.2 Å². The van der Waals surface area contributed by atoms with E-state index in [1.165, 1.54) is 11.8 Å². The van der Waals surface area contributed by atoms with Crippen molar-refractivity contribution >= 4 is 23.0 Å². The Morgan fingerprint density at radius 3 is 2.50 bits per heavy atom. The van der Waals surface area contributed by atoms with Crippen molar-refractivity contribution in [3.8, 4) is 5.75 Å². The molecule has 140 valence electrons. The van der Waals surface area contributed by atoms with Crippen LogP contribution < -0.4 is 10.1 Å². The van der Waals surface area contributed by atoms with E-state index in [9.17, 15) is 9.59 Å². The van der Waals surface area contributed by atoms with Gasteiger partial charge in [-0.05, 0) is 63.2 Å². The predicted molar refractivity (Wildman–Crippen MR) is 105 cm³/mol. The van der Waals surface area contributed by atoms with Gasteiger partial charge in [-0.25, -0.2) is 0 Å². The van der Waals surface area contributed by atoms with Gasteiger partial charge in [0.15, 0.2) is 5.78 Å². The Morgan fingerprint density at radius 1 is 1.19 bits per heavy atom. The monoisotopic (exact) mass is 374 g/mol. The van der Waals surface area contributed by atoms with Gasteiger partial charge in [0.2, 0.25) is 5.91 Å². The maximum atomic E-state index is 12.1. The van der Waals surface area contributed by atoms with Crippen molar-refractivity contribution < 1.29 is 14.3 Å². The summed E-state index contributed by atoms with van der Waals surface area (Å²) in [4.78, 5) is 26.6. The summed E-state index contributed by atoms with van der Waals surface area (Å²) < 4.78 is 5.62. The summed E-state index contributed by atoms with van der Waals surface area (Å²) in [6, 6.07) is 11.4. The van der Waals surface area contributed by atoms with E-state index in [0.29, 0.717) is 37.3 Å². The molecule has 26 heavy (non-hydrogen) atoms. The van der Waals surface area contributed by atoms with E-state index in [0.717, 1.165) is 0 Å². The Balaban J connectivity index is 1.67. The Hall–Kier alpha value is -2.18. The van der Waals surface area contributed by atoms with E-state index < -0.39 is 0 Å². The van der Waals surface area contributed by atoms with Gasteiger partial charge in [-0.2, -0.15) is 0 Å². The van der Waals surface area contributed by atoms with Crippen molar-refractivity contribution in [3.05, 3.63) is 52.2 Å². The van der Waals surface area contributed by atoms with Crippen molar-refractivity contribution in [3.63, 3.8) is 0 Å². The average Bonchev–Trinajstić information content (AvgIpc) is 3.13. The quantitative estimate of drug-likeness (QED) is 0.511. The van der Waals surface area contributed by atoms with E-state index in [-0.39, 0.29) is 17.7 Å². The molecule has 0 saturated carbocycles. The van der Waals surface area contributed by atoms with Crippen LogP contribution in [0, 0.1) is 0 Å². The minimum Gasteiger partial charge on any atom is -0.494 e. The van der Waals surface area contributed by atoms with E-state index in [1.54, 1.807) is 35.6 Å². The maximum Gasteiger partial charge on any atom is 0.220 e. The molecule has 0 spiro atoms. The molecule has 0 fully saturated rings. The summed E-state index contributed by atoms with van der Waals surface area (Å²) >= 11 is 1.70. The molecule has 0 aliphatic heterocycles. The first kappa shape index (κ1) is 20.1. The van der Waals surface area contributed by atoms with E-state index in [1.807, 2.05) is 25.5 Å². The number of carbonyl (C=O) groups is 2. The highest BCUT2D eigenvalue weighted by molar-refractivity contribution is 7.10. The van der Waals surface area contributed by atoms with Gasteiger partial charge in [-0.15, -0.1) is 11.3 Å². The lowest BCUT2D eigenvalue weighted by atomic mass is 10.1. The lowest BCUT2D eigenvalue weighted by Gasteiger charge is -2.23. The maximum absolute atomic E-state index is 12.1. The van der Waals surface area contributed by atoms with E-state index in [4.69, 9.17) is 4.74 Å². The molecule has 1 heterocycles. The number of amides is 1. The lowest BCUT2D eigenvalue weighted by molar-refractivity contribution is -0.121. The second-order valence-electron chi connectivity index (χ2n) is 6.33. The van der Waals surface area contributed by atoms with Gasteiger partial charge in [0.05, 0.1) is 12.6 Å². The fourth-order valence-corrected chi connectivity index (χ4v) is 3.45. The van der Waals surface area contributed by atoms with Gasteiger partial charge in [0.1, 0.15) is 5.75 Å². The molecule has 0 aliphatic carbocycles. The van der Waals surface area contributed by atoms with Crippen LogP contribution in [0.5, 0.6) is 5.75 Å². The number of nitrogens with one attached hydrogen (secondary N) is 1. The minimum atomic E-state index is 0.0314. The predicted octanol–water partition coefficient (Wildman–Crippen LogP) is 3.53. The molecule has 0 saturated heterocycles. The summed E-state index contributed by atoms with van der Waals surface area (Å²) in [7, 11) is 4.03. The molecule has 1 unspecified atom stereocenters. The van der Waals surface area contributed by atoms with Crippen LogP contribution in [0.25, 0.3) is 0 Å². The molecule has 0 radical (unpaired) electrons. The second kappa shape index (κ2) is 10.1. The van der Waals surface area contributed by atoms with Crippen molar-refractivity contribution in [1.29, 1.82) is 0 Å². The third-order valence-electron chi connectivity index (χ3n) is 4.07. The smallest absolute Gasteiger partial charge is 0.220 e. The molecular formula is C20H26N2O3S. The van der Waals surface area contributed by atoms with Gasteiger partial charge >= 0.3 is 0 Å². The van der Waals surface area contributed by atoms with Gasteiger partial charge in [0.25, 0.3) is 0 Å². The minimum absolute atomic E-state index is 0.0314. The fourth-order valence-electron chi connectivity index (χ4n) is 2.53. The molecule has 2 rings (SSSR count). The first-order valence-electron chi connectivity index (χ1n) is 8.67. The number of thiophene rings is 1. The fraction of sp³-hybridized carbons (Fsp3) is 0.400. The third-order valence-corrected chi connectivity index (χ3v) is 5.04. The number of hydrogen-bond acceptors (Lipinski definition) is 5. The summed E-state index contributed by atoms with van der Waals surface area (Å²) in [6.07, 6.45) is 1.07. The standard InChI is InChI=1S/C20H26N2O3S/c1-15(23)16-8-10-17(11-9-16)25-12-4-7-20(24)21-14-18(22(2)3)19-6-5-13-26-19/h5-6,8-11,13,18H,4,7,12,14H2,1-3H3,(H,21,24). The molecule has 6 heteroatoms. The number of likely N-dealkylation sites (N-methyl/N-ethyl adjacent to an activating group) is 1. The van der Waals surface area contributed by atoms with Crippen LogP contribution >= 0.6 is 11.3 Å². The number of hydrogen-bond donors (Lipinski definition) is 1. The van der Waals surface area contributed by atoms with Gasteiger partial charge in [-0.3, -0.25) is 9.59 Å². The molecule has 1 aromatic heterocycles. The molecular weight excluding hydrogens is 348 g/mol. The van der Waals surface area contributed by atoms with Crippen LogP contribution in [-0.2, 0) is 4.79 Å². The van der Waals surface area contributed by atoms with E-state index in [2.05, 4.69) is 16.3 Å². The number of ketones is 1. The Kier molecular flexibility index (Phi) is 7.81. The van der Waals surface area contributed by atoms with Gasteiger partial charge in [0, 0.05) is 23.4 Å². The van der Waals surface area contributed by atoms with Crippen LogP contribution in [0.4, 0.5) is 0 Å². The number of nitrogens with zero attached hydrogens (tertiary/aromatic N) is 1. The van der Waals surface area contributed by atoms with Crippen LogP contribution in [0.1, 0.15) is 41.0 Å². The zero-order valence-electron chi connectivity index (χ0n) is 15.5. The van der Waals surface area contributed by atoms with Gasteiger partial charge in [-0.1, -0.05) is 6.07 Å². The van der Waals surface area contributed by atoms with Crippen LogP contribution in [-0.4, -0.2) is 43.8 Å². The molecule has 1 aromatic carbocycles. The van der Waals surface area contributed by atoms with Crippen LogP contribution in [0.2, 0.25) is 0 Å². The number of carbonyl (C=O) groups excluding carboxylic acids is 2. The lowest BCUT2D eigenvalue weighted by Crippen LogP contribution is -2.34.